The molecule has 0 bridgehead atoms. The van der Waals surface area contributed by atoms with Crippen LogP contribution < -0.4 is 16.0 Å². The molecule has 0 spiro atoms. The van der Waals surface area contributed by atoms with Crippen LogP contribution in [0, 0.1) is 6.92 Å². The largest absolute Gasteiger partial charge is 0.382 e. The van der Waals surface area contributed by atoms with Gasteiger partial charge in [-0.3, -0.25) is 4.79 Å². The van der Waals surface area contributed by atoms with E-state index >= 15 is 0 Å². The summed E-state index contributed by atoms with van der Waals surface area (Å²) in [6, 6.07) is 4.06. The van der Waals surface area contributed by atoms with Crippen LogP contribution in [0.5, 0.6) is 0 Å². The molecule has 0 aliphatic carbocycles. The monoisotopic (exact) mass is 310 g/mol. The zero-order chi connectivity index (χ0) is 14.7. The maximum atomic E-state index is 12.1. The van der Waals surface area contributed by atoms with E-state index in [0.717, 1.165) is 16.6 Å². The van der Waals surface area contributed by atoms with E-state index in [-0.39, 0.29) is 5.91 Å². The zero-order valence-corrected chi connectivity index (χ0v) is 13.4. The Hall–Kier alpha value is -1.60. The molecule has 0 fully saturated rings. The van der Waals surface area contributed by atoms with Gasteiger partial charge >= 0.3 is 0 Å². The molecule has 0 saturated heterocycles. The number of nitrogen functional groups attached to an aromatic ring is 1. The van der Waals surface area contributed by atoms with E-state index in [1.54, 1.807) is 11.3 Å². The molecule has 2 heterocycles. The smallest absolute Gasteiger partial charge is 0.265 e. The van der Waals surface area contributed by atoms with Crippen molar-refractivity contribution in [3.05, 3.63) is 26.8 Å². The Balaban J connectivity index is 2.03. The first-order valence-electron chi connectivity index (χ1n) is 6.32. The number of carbonyl (C=O) groups excluding carboxylic acids is 1. The third kappa shape index (κ3) is 3.29. The number of thiazole rings is 1. The number of amides is 1. The summed E-state index contributed by atoms with van der Waals surface area (Å²) in [5.74, 6) is 0.131. The van der Waals surface area contributed by atoms with Crippen LogP contribution in [-0.4, -0.2) is 24.5 Å². The number of anilines is 2. The van der Waals surface area contributed by atoms with Gasteiger partial charge in [0, 0.05) is 23.3 Å². The van der Waals surface area contributed by atoms with Crippen molar-refractivity contribution in [3.8, 4) is 0 Å². The highest BCUT2D eigenvalue weighted by atomic mass is 32.1. The number of hydrogen-bond donors (Lipinski definition) is 2. The summed E-state index contributed by atoms with van der Waals surface area (Å²) in [7, 11) is 1.92. The molecule has 0 unspecified atom stereocenters. The number of nitrogens with two attached hydrogens (primary N) is 1. The Morgan fingerprint density at radius 3 is 2.80 bits per heavy atom. The molecule has 2 rings (SSSR count). The minimum atomic E-state index is -0.165. The van der Waals surface area contributed by atoms with Crippen molar-refractivity contribution >= 4 is 39.5 Å². The van der Waals surface area contributed by atoms with Crippen LogP contribution >= 0.6 is 22.7 Å². The Labute approximate surface area is 126 Å². The Morgan fingerprint density at radius 1 is 1.45 bits per heavy atom. The van der Waals surface area contributed by atoms with Crippen molar-refractivity contribution in [1.82, 2.24) is 10.3 Å². The normalized spacial score (nSPS) is 10.6. The standard InChI is InChI=1S/C13H18N4OS2/c1-4-17(3)13-16-11(14)10(20-13)12(18)15-7-9-6-5-8(2)19-9/h5-6H,4,7,14H2,1-3H3,(H,15,18). The van der Waals surface area contributed by atoms with Gasteiger partial charge in [0.05, 0.1) is 6.54 Å². The molecule has 0 atom stereocenters. The highest BCUT2D eigenvalue weighted by Gasteiger charge is 2.17. The lowest BCUT2D eigenvalue weighted by Gasteiger charge is -2.10. The number of nitrogens with zero attached hydrogens (tertiary/aromatic N) is 2. The van der Waals surface area contributed by atoms with Crippen LogP contribution in [0.2, 0.25) is 0 Å². The lowest BCUT2D eigenvalue weighted by molar-refractivity contribution is 0.0956. The Morgan fingerprint density at radius 2 is 2.20 bits per heavy atom. The number of carbonyl (C=O) groups is 1. The van der Waals surface area contributed by atoms with Crippen molar-refractivity contribution in [3.63, 3.8) is 0 Å². The lowest BCUT2D eigenvalue weighted by Crippen LogP contribution is -2.22. The molecule has 0 aliphatic rings. The molecule has 5 nitrogen and oxygen atoms in total. The van der Waals surface area contributed by atoms with E-state index in [1.165, 1.54) is 16.2 Å². The summed E-state index contributed by atoms with van der Waals surface area (Å²) in [6.07, 6.45) is 0. The summed E-state index contributed by atoms with van der Waals surface area (Å²) < 4.78 is 0. The molecule has 20 heavy (non-hydrogen) atoms. The molecule has 108 valence electrons. The molecule has 0 radical (unpaired) electrons. The molecule has 0 aromatic carbocycles. The van der Waals surface area contributed by atoms with Gasteiger partial charge in [-0.25, -0.2) is 4.98 Å². The molecule has 0 aliphatic heterocycles. The van der Waals surface area contributed by atoms with Gasteiger partial charge in [-0.1, -0.05) is 11.3 Å². The molecule has 2 aromatic heterocycles. The highest BCUT2D eigenvalue weighted by Crippen LogP contribution is 2.27. The van der Waals surface area contributed by atoms with Crippen molar-refractivity contribution in [2.45, 2.75) is 20.4 Å². The summed E-state index contributed by atoms with van der Waals surface area (Å²) >= 11 is 3.00. The van der Waals surface area contributed by atoms with Gasteiger partial charge in [-0.2, -0.15) is 0 Å². The Kier molecular flexibility index (Phi) is 4.61. The third-order valence-electron chi connectivity index (χ3n) is 2.87. The minimum absolute atomic E-state index is 0.165. The van der Waals surface area contributed by atoms with Gasteiger partial charge in [0.2, 0.25) is 0 Å². The van der Waals surface area contributed by atoms with Gasteiger partial charge in [0.1, 0.15) is 10.7 Å². The number of rotatable bonds is 5. The number of aromatic nitrogens is 1. The number of aryl methyl sites for hydroxylation is 1. The topological polar surface area (TPSA) is 71.2 Å². The minimum Gasteiger partial charge on any atom is -0.382 e. The van der Waals surface area contributed by atoms with E-state index in [2.05, 4.69) is 10.3 Å². The number of hydrogen-bond acceptors (Lipinski definition) is 6. The van der Waals surface area contributed by atoms with E-state index in [9.17, 15) is 4.79 Å². The molecular weight excluding hydrogens is 292 g/mol. The van der Waals surface area contributed by atoms with Gasteiger partial charge < -0.3 is 16.0 Å². The Bertz CT molecular complexity index is 605. The number of nitrogens with one attached hydrogen (secondary N) is 1. The maximum absolute atomic E-state index is 12.1. The average molecular weight is 310 g/mol. The van der Waals surface area contributed by atoms with E-state index in [4.69, 9.17) is 5.73 Å². The molecule has 2 aromatic rings. The fourth-order valence-electron chi connectivity index (χ4n) is 1.61. The van der Waals surface area contributed by atoms with Crippen molar-refractivity contribution in [1.29, 1.82) is 0 Å². The summed E-state index contributed by atoms with van der Waals surface area (Å²) in [4.78, 5) is 21.2. The van der Waals surface area contributed by atoms with Crippen LogP contribution in [-0.2, 0) is 6.54 Å². The average Bonchev–Trinajstić information content (AvgIpc) is 3.01. The van der Waals surface area contributed by atoms with Crippen molar-refractivity contribution in [2.24, 2.45) is 0 Å². The van der Waals surface area contributed by atoms with Gasteiger partial charge in [0.25, 0.3) is 5.91 Å². The predicted octanol–water partition coefficient (Wildman–Crippen LogP) is 2.48. The van der Waals surface area contributed by atoms with Gasteiger partial charge in [-0.15, -0.1) is 11.3 Å². The fraction of sp³-hybridized carbons (Fsp3) is 0.385. The first-order valence-corrected chi connectivity index (χ1v) is 7.95. The van der Waals surface area contributed by atoms with Crippen molar-refractivity contribution < 1.29 is 4.79 Å². The first-order chi connectivity index (χ1) is 9.51. The SMILES string of the molecule is CCN(C)c1nc(N)c(C(=O)NCc2ccc(C)s2)s1. The lowest BCUT2D eigenvalue weighted by atomic mass is 10.4. The quantitative estimate of drug-likeness (QED) is 0.890. The number of thiophene rings is 1. The van der Waals surface area contributed by atoms with Crippen molar-refractivity contribution in [2.75, 3.05) is 24.2 Å². The van der Waals surface area contributed by atoms with Crippen LogP contribution in [0.4, 0.5) is 10.9 Å². The molecular formula is C13H18N4OS2. The van der Waals surface area contributed by atoms with Crippen LogP contribution in [0.3, 0.4) is 0 Å². The van der Waals surface area contributed by atoms with Crippen LogP contribution in [0.25, 0.3) is 0 Å². The van der Waals surface area contributed by atoms with Gasteiger partial charge in [0.15, 0.2) is 5.13 Å². The summed E-state index contributed by atoms with van der Waals surface area (Å²) in [6.45, 7) is 5.41. The predicted molar refractivity (Wildman–Crippen MR) is 85.7 cm³/mol. The summed E-state index contributed by atoms with van der Waals surface area (Å²) in [5.41, 5.74) is 5.82. The maximum Gasteiger partial charge on any atom is 0.265 e. The van der Waals surface area contributed by atoms with Gasteiger partial charge in [-0.05, 0) is 26.0 Å². The molecule has 1 amide bonds. The second kappa shape index (κ2) is 6.23. The second-order valence-electron chi connectivity index (χ2n) is 4.42. The van der Waals surface area contributed by atoms with Crippen LogP contribution in [0.15, 0.2) is 12.1 Å². The fourth-order valence-corrected chi connectivity index (χ4v) is 3.37. The second-order valence-corrected chi connectivity index (χ2v) is 6.77. The highest BCUT2D eigenvalue weighted by molar-refractivity contribution is 7.18. The summed E-state index contributed by atoms with van der Waals surface area (Å²) in [5, 5.41) is 3.65. The molecule has 3 N–H and O–H groups in total. The van der Waals surface area contributed by atoms with E-state index in [0.29, 0.717) is 17.2 Å². The van der Waals surface area contributed by atoms with Crippen LogP contribution in [0.1, 0.15) is 26.3 Å². The van der Waals surface area contributed by atoms with E-state index < -0.39 is 0 Å². The molecule has 7 heteroatoms. The van der Waals surface area contributed by atoms with E-state index in [1.807, 2.05) is 37.9 Å². The first kappa shape index (κ1) is 14.8. The molecule has 0 saturated carbocycles. The zero-order valence-electron chi connectivity index (χ0n) is 11.8. The third-order valence-corrected chi connectivity index (χ3v) is 5.05.